The molecule has 0 unspecified atom stereocenters. The molecule has 70 valence electrons. The van der Waals surface area contributed by atoms with Gasteiger partial charge in [0.1, 0.15) is 5.82 Å². The van der Waals surface area contributed by atoms with Gasteiger partial charge in [-0.3, -0.25) is 0 Å². The summed E-state index contributed by atoms with van der Waals surface area (Å²) in [6.45, 7) is 0. The summed E-state index contributed by atoms with van der Waals surface area (Å²) in [6, 6.07) is 3.49. The highest BCUT2D eigenvalue weighted by Crippen LogP contribution is 2.16. The van der Waals surface area contributed by atoms with Crippen LogP contribution in [0.25, 0.3) is 0 Å². The fourth-order valence-electron chi connectivity index (χ4n) is 0.823. The van der Waals surface area contributed by atoms with Crippen molar-refractivity contribution in [2.45, 2.75) is 0 Å². The number of benzene rings is 1. The minimum Gasteiger partial charge on any atom is -0.399 e. The Hall–Kier alpha value is -1.78. The maximum atomic E-state index is 13.0. The van der Waals surface area contributed by atoms with E-state index in [-0.39, 0.29) is 5.69 Å². The van der Waals surface area contributed by atoms with Crippen LogP contribution in [0.2, 0.25) is 0 Å². The van der Waals surface area contributed by atoms with Crippen molar-refractivity contribution >= 4 is 17.4 Å². The van der Waals surface area contributed by atoms with E-state index in [0.29, 0.717) is 5.69 Å². The smallest absolute Gasteiger partial charge is 0.319 e. The van der Waals surface area contributed by atoms with E-state index in [9.17, 15) is 9.18 Å². The Morgan fingerprint density at radius 2 is 2.23 bits per heavy atom. The second-order valence-corrected chi connectivity index (χ2v) is 2.44. The molecule has 0 aliphatic carbocycles. The van der Waals surface area contributed by atoms with Gasteiger partial charge in [0, 0.05) is 12.7 Å². The molecule has 1 aromatic rings. The van der Waals surface area contributed by atoms with Crippen LogP contribution in [0.4, 0.5) is 20.6 Å². The number of nitrogen functional groups attached to an aromatic ring is 1. The number of halogens is 1. The van der Waals surface area contributed by atoms with E-state index >= 15 is 0 Å². The van der Waals surface area contributed by atoms with Crippen LogP contribution in [0.1, 0.15) is 0 Å². The molecule has 0 fully saturated rings. The Kier molecular flexibility index (Phi) is 2.69. The number of anilines is 2. The molecule has 0 spiro atoms. The van der Waals surface area contributed by atoms with Crippen LogP contribution < -0.4 is 16.4 Å². The van der Waals surface area contributed by atoms with E-state index in [2.05, 4.69) is 10.6 Å². The van der Waals surface area contributed by atoms with Crippen LogP contribution >= 0.6 is 0 Å². The number of carbonyl (C=O) groups excluding carboxylic acids is 1. The van der Waals surface area contributed by atoms with Crippen molar-refractivity contribution in [3.63, 3.8) is 0 Å². The molecule has 5 heteroatoms. The number of rotatable bonds is 1. The number of nitrogens with one attached hydrogen (secondary N) is 2. The van der Waals surface area contributed by atoms with Gasteiger partial charge in [-0.25, -0.2) is 9.18 Å². The van der Waals surface area contributed by atoms with Crippen LogP contribution in [0.3, 0.4) is 0 Å². The molecule has 0 saturated carbocycles. The van der Waals surface area contributed by atoms with Crippen molar-refractivity contribution in [3.05, 3.63) is 24.0 Å². The lowest BCUT2D eigenvalue weighted by Gasteiger charge is -2.05. The van der Waals surface area contributed by atoms with Gasteiger partial charge in [0.25, 0.3) is 0 Å². The molecule has 0 aromatic heterocycles. The first-order chi connectivity index (χ1) is 6.13. The van der Waals surface area contributed by atoms with E-state index in [1.54, 1.807) is 0 Å². The second kappa shape index (κ2) is 3.75. The molecular weight excluding hydrogens is 173 g/mol. The lowest BCUT2D eigenvalue weighted by Crippen LogP contribution is -2.25. The number of urea groups is 1. The largest absolute Gasteiger partial charge is 0.399 e. The molecule has 0 aliphatic heterocycles. The SMILES string of the molecule is CNC(=O)Nc1cc(N)ccc1F. The average molecular weight is 183 g/mol. The predicted octanol–water partition coefficient (Wildman–Crippen LogP) is 1.16. The summed E-state index contributed by atoms with van der Waals surface area (Å²) in [6.07, 6.45) is 0. The highest BCUT2D eigenvalue weighted by molar-refractivity contribution is 5.89. The summed E-state index contributed by atoms with van der Waals surface area (Å²) in [5.74, 6) is -0.516. The zero-order chi connectivity index (χ0) is 9.84. The molecule has 4 N–H and O–H groups in total. The number of nitrogens with two attached hydrogens (primary N) is 1. The lowest BCUT2D eigenvalue weighted by molar-refractivity contribution is 0.254. The molecule has 1 aromatic carbocycles. The Labute approximate surface area is 74.9 Å². The topological polar surface area (TPSA) is 67.2 Å². The molecule has 1 rings (SSSR count). The maximum absolute atomic E-state index is 13.0. The van der Waals surface area contributed by atoms with Crippen LogP contribution in [-0.4, -0.2) is 13.1 Å². The molecule has 4 nitrogen and oxygen atoms in total. The third-order valence-electron chi connectivity index (χ3n) is 1.47. The molecule has 0 radical (unpaired) electrons. The molecule has 0 heterocycles. The van der Waals surface area contributed by atoms with Gasteiger partial charge in [-0.1, -0.05) is 0 Å². The fourth-order valence-corrected chi connectivity index (χ4v) is 0.823. The highest BCUT2D eigenvalue weighted by Gasteiger charge is 2.04. The summed E-state index contributed by atoms with van der Waals surface area (Å²) in [7, 11) is 1.44. The van der Waals surface area contributed by atoms with Crippen LogP contribution in [-0.2, 0) is 0 Å². The third-order valence-corrected chi connectivity index (χ3v) is 1.47. The van der Waals surface area contributed by atoms with Crippen LogP contribution in [0.5, 0.6) is 0 Å². The number of carbonyl (C=O) groups is 1. The van der Waals surface area contributed by atoms with E-state index in [1.165, 1.54) is 25.2 Å². The molecule has 2 amide bonds. The van der Waals surface area contributed by atoms with E-state index in [1.807, 2.05) is 0 Å². The van der Waals surface area contributed by atoms with E-state index in [4.69, 9.17) is 5.73 Å². The summed E-state index contributed by atoms with van der Waals surface area (Å²) in [4.78, 5) is 10.8. The minimum atomic E-state index is -0.516. The van der Waals surface area contributed by atoms with Gasteiger partial charge in [-0.2, -0.15) is 0 Å². The Bertz CT molecular complexity index is 327. The van der Waals surface area contributed by atoms with Crippen molar-refractivity contribution in [2.24, 2.45) is 0 Å². The number of hydrogen-bond acceptors (Lipinski definition) is 2. The first-order valence-electron chi connectivity index (χ1n) is 3.67. The van der Waals surface area contributed by atoms with Gasteiger partial charge < -0.3 is 16.4 Å². The van der Waals surface area contributed by atoms with E-state index in [0.717, 1.165) is 0 Å². The minimum absolute atomic E-state index is 0.0688. The molecule has 13 heavy (non-hydrogen) atoms. The van der Waals surface area contributed by atoms with Crippen molar-refractivity contribution in [2.75, 3.05) is 18.1 Å². The maximum Gasteiger partial charge on any atom is 0.319 e. The van der Waals surface area contributed by atoms with Crippen LogP contribution in [0.15, 0.2) is 18.2 Å². The Morgan fingerprint density at radius 3 is 2.85 bits per heavy atom. The van der Waals surface area contributed by atoms with Gasteiger partial charge in [-0.15, -0.1) is 0 Å². The highest BCUT2D eigenvalue weighted by atomic mass is 19.1. The van der Waals surface area contributed by atoms with Crippen molar-refractivity contribution in [1.82, 2.24) is 5.32 Å². The molecular formula is C8H10FN3O. The predicted molar refractivity (Wildman–Crippen MR) is 48.9 cm³/mol. The Balaban J connectivity index is 2.87. The zero-order valence-electron chi connectivity index (χ0n) is 7.10. The van der Waals surface area contributed by atoms with Crippen molar-refractivity contribution < 1.29 is 9.18 Å². The normalized spacial score (nSPS) is 9.38. The summed E-state index contributed by atoms with van der Waals surface area (Å²) < 4.78 is 13.0. The second-order valence-electron chi connectivity index (χ2n) is 2.44. The van der Waals surface area contributed by atoms with Crippen molar-refractivity contribution in [1.29, 1.82) is 0 Å². The van der Waals surface area contributed by atoms with Gasteiger partial charge in [0.05, 0.1) is 5.69 Å². The van der Waals surface area contributed by atoms with Crippen LogP contribution in [0, 0.1) is 5.82 Å². The summed E-state index contributed by atoms with van der Waals surface area (Å²) in [5.41, 5.74) is 5.87. The molecule has 0 bridgehead atoms. The van der Waals surface area contributed by atoms with Gasteiger partial charge >= 0.3 is 6.03 Å². The number of hydrogen-bond donors (Lipinski definition) is 3. The van der Waals surface area contributed by atoms with Crippen molar-refractivity contribution in [3.8, 4) is 0 Å². The monoisotopic (exact) mass is 183 g/mol. The Morgan fingerprint density at radius 1 is 1.54 bits per heavy atom. The third kappa shape index (κ3) is 2.33. The summed E-state index contributed by atoms with van der Waals surface area (Å²) >= 11 is 0. The van der Waals surface area contributed by atoms with Gasteiger partial charge in [-0.05, 0) is 18.2 Å². The van der Waals surface area contributed by atoms with Gasteiger partial charge in [0.15, 0.2) is 0 Å². The lowest BCUT2D eigenvalue weighted by atomic mass is 10.2. The molecule has 0 aliphatic rings. The molecule has 0 saturated heterocycles. The standard InChI is InChI=1S/C8H10FN3O/c1-11-8(13)12-7-4-5(10)2-3-6(7)9/h2-4H,10H2,1H3,(H2,11,12,13). The first-order valence-corrected chi connectivity index (χ1v) is 3.67. The van der Waals surface area contributed by atoms with E-state index < -0.39 is 11.8 Å². The fraction of sp³-hybridized carbons (Fsp3) is 0.125. The quantitative estimate of drug-likeness (QED) is 0.572. The molecule has 0 atom stereocenters. The summed E-state index contributed by atoms with van der Waals surface area (Å²) in [5, 5.41) is 4.60. The average Bonchev–Trinajstić information content (AvgIpc) is 2.11. The first kappa shape index (κ1) is 9.31. The zero-order valence-corrected chi connectivity index (χ0v) is 7.10. The van der Waals surface area contributed by atoms with Gasteiger partial charge in [0.2, 0.25) is 0 Å². The number of amides is 2.